The first-order valence-electron chi connectivity index (χ1n) is 18.9. The van der Waals surface area contributed by atoms with E-state index in [2.05, 4.69) is 5.32 Å². The number of unbranched alkanes of at least 4 members (excludes halogenated alkanes) is 1. The van der Waals surface area contributed by atoms with Crippen LogP contribution in [0.2, 0.25) is 0 Å². The molecule has 1 unspecified atom stereocenters. The number of nitrogens with one attached hydrogen (secondary N) is 1. The minimum absolute atomic E-state index is 0.00672. The van der Waals surface area contributed by atoms with E-state index in [-0.39, 0.29) is 55.3 Å². The fourth-order valence-electron chi connectivity index (χ4n) is 7.89. The van der Waals surface area contributed by atoms with Crippen LogP contribution in [0.1, 0.15) is 62.6 Å². The van der Waals surface area contributed by atoms with Gasteiger partial charge in [-0.05, 0) is 93.1 Å². The third-order valence-corrected chi connectivity index (χ3v) is 10.8. The molecule has 3 heterocycles. The Morgan fingerprint density at radius 2 is 1.91 bits per heavy atom. The number of fused-ring (bicyclic) bond motifs is 2. The fraction of sp³-hybridized carbons (Fsp3) is 0.439. The second kappa shape index (κ2) is 17.1. The van der Waals surface area contributed by atoms with Crippen molar-refractivity contribution < 1.29 is 39.4 Å². The zero-order valence-electron chi connectivity index (χ0n) is 31.2. The van der Waals surface area contributed by atoms with Crippen LogP contribution >= 0.6 is 0 Å². The lowest BCUT2D eigenvalue weighted by Crippen LogP contribution is -2.49. The molecular formula is C41H49N5O9. The topological polar surface area (TPSA) is 186 Å². The Morgan fingerprint density at radius 3 is 2.65 bits per heavy atom. The lowest BCUT2D eigenvalue weighted by Gasteiger charge is -2.35. The van der Waals surface area contributed by atoms with Gasteiger partial charge in [0.15, 0.2) is 5.60 Å². The van der Waals surface area contributed by atoms with Gasteiger partial charge in [0, 0.05) is 48.9 Å². The summed E-state index contributed by atoms with van der Waals surface area (Å²) in [6.07, 6.45) is 6.49. The molecule has 1 fully saturated rings. The van der Waals surface area contributed by atoms with Gasteiger partial charge in [-0.2, -0.15) is 0 Å². The number of non-ortho nitro benzene ring substituents is 1. The summed E-state index contributed by atoms with van der Waals surface area (Å²) in [4.78, 5) is 57.3. The molecule has 0 radical (unpaired) electrons. The summed E-state index contributed by atoms with van der Waals surface area (Å²) >= 11 is 0. The Bertz CT molecular complexity index is 1950. The molecule has 0 spiro atoms. The average Bonchev–Trinajstić information content (AvgIpc) is 3.75. The van der Waals surface area contributed by atoms with Gasteiger partial charge in [-0.15, -0.1) is 0 Å². The van der Waals surface area contributed by atoms with E-state index in [0.717, 1.165) is 18.4 Å². The number of benzene rings is 3. The monoisotopic (exact) mass is 755 g/mol. The van der Waals surface area contributed by atoms with E-state index < -0.39 is 28.4 Å². The number of nitrogens with zero attached hydrogens (tertiary/aromatic N) is 4. The van der Waals surface area contributed by atoms with Gasteiger partial charge in [-0.25, -0.2) is 0 Å². The lowest BCUT2D eigenvalue weighted by molar-refractivity contribution is -0.385. The van der Waals surface area contributed by atoms with Crippen LogP contribution in [0.4, 0.5) is 22.7 Å². The zero-order valence-corrected chi connectivity index (χ0v) is 31.2. The van der Waals surface area contributed by atoms with E-state index in [1.54, 1.807) is 34.9 Å². The van der Waals surface area contributed by atoms with Crippen LogP contribution in [0.25, 0.3) is 0 Å². The predicted octanol–water partition coefficient (Wildman–Crippen LogP) is 4.25. The van der Waals surface area contributed by atoms with Crippen molar-refractivity contribution in [1.82, 2.24) is 10.2 Å². The minimum atomic E-state index is -2.17. The van der Waals surface area contributed by atoms with Crippen LogP contribution in [0, 0.1) is 16.0 Å². The number of hydrogen-bond acceptors (Lipinski definition) is 10. The van der Waals surface area contributed by atoms with E-state index in [4.69, 9.17) is 4.74 Å². The number of ether oxygens (including phenoxy) is 1. The predicted molar refractivity (Wildman–Crippen MR) is 206 cm³/mol. The van der Waals surface area contributed by atoms with Crippen LogP contribution in [-0.2, 0) is 33.0 Å². The maximum Gasteiger partial charge on any atom is 0.269 e. The summed E-state index contributed by atoms with van der Waals surface area (Å²) in [6, 6.07) is 16.1. The van der Waals surface area contributed by atoms with Crippen LogP contribution in [-0.4, -0.2) is 87.9 Å². The Labute approximate surface area is 320 Å². The molecule has 3 aromatic carbocycles. The van der Waals surface area contributed by atoms with Crippen molar-refractivity contribution in [3.05, 3.63) is 99.6 Å². The molecule has 3 aromatic rings. The SMILES string of the molecule is CCOc1ccc2c(c1)CC(NCCCCO)C(=O)N2c1cccc(CN2C(=O)[C@@](O)([C@@H](C)/C=C/CC(=O)N3CCC[C@H]3CO)c3cc([N+](=O)[O-])ccc32)c1. The van der Waals surface area contributed by atoms with Crippen molar-refractivity contribution in [3.8, 4) is 5.75 Å². The number of hydrogen-bond donors (Lipinski definition) is 4. The highest BCUT2D eigenvalue weighted by Crippen LogP contribution is 2.47. The number of likely N-dealkylation sites (tertiary alicyclic amines) is 1. The summed E-state index contributed by atoms with van der Waals surface area (Å²) in [5.74, 6) is -1.18. The largest absolute Gasteiger partial charge is 0.494 e. The molecule has 3 amide bonds. The van der Waals surface area contributed by atoms with Gasteiger partial charge >= 0.3 is 0 Å². The van der Waals surface area contributed by atoms with Gasteiger partial charge in [0.2, 0.25) is 11.8 Å². The van der Waals surface area contributed by atoms with Crippen LogP contribution < -0.4 is 19.9 Å². The molecule has 3 aliphatic heterocycles. The molecule has 3 aliphatic rings. The van der Waals surface area contributed by atoms with Crippen molar-refractivity contribution in [2.75, 3.05) is 42.7 Å². The molecule has 0 saturated carbocycles. The average molecular weight is 756 g/mol. The number of carbonyl (C=O) groups excluding carboxylic acids is 3. The summed E-state index contributed by atoms with van der Waals surface area (Å²) in [5.41, 5.74) is 0.804. The van der Waals surface area contributed by atoms with Crippen molar-refractivity contribution in [2.24, 2.45) is 5.92 Å². The second-order valence-corrected chi connectivity index (χ2v) is 14.3. The van der Waals surface area contributed by atoms with Crippen molar-refractivity contribution in [1.29, 1.82) is 0 Å². The third kappa shape index (κ3) is 7.99. The van der Waals surface area contributed by atoms with Crippen molar-refractivity contribution in [2.45, 2.75) is 76.6 Å². The fourth-order valence-corrected chi connectivity index (χ4v) is 7.89. The highest BCUT2D eigenvalue weighted by Gasteiger charge is 2.53. The van der Waals surface area contributed by atoms with Crippen LogP contribution in [0.15, 0.2) is 72.8 Å². The number of nitro groups is 1. The van der Waals surface area contributed by atoms with E-state index >= 15 is 0 Å². The molecule has 4 atom stereocenters. The number of nitro benzene ring substituents is 1. The Hall–Kier alpha value is -5.15. The molecule has 14 heteroatoms. The minimum Gasteiger partial charge on any atom is -0.494 e. The summed E-state index contributed by atoms with van der Waals surface area (Å²) in [6.45, 7) is 5.08. The molecule has 0 aliphatic carbocycles. The number of carbonyl (C=O) groups is 3. The van der Waals surface area contributed by atoms with Crippen LogP contribution in [0.5, 0.6) is 5.75 Å². The van der Waals surface area contributed by atoms with Gasteiger partial charge in [0.05, 0.1) is 48.1 Å². The molecule has 1 saturated heterocycles. The van der Waals surface area contributed by atoms with Crippen molar-refractivity contribution >= 4 is 40.5 Å². The molecule has 0 aromatic heterocycles. The van der Waals surface area contributed by atoms with Crippen molar-refractivity contribution in [3.63, 3.8) is 0 Å². The van der Waals surface area contributed by atoms with Gasteiger partial charge in [0.1, 0.15) is 5.75 Å². The Balaban J connectivity index is 1.29. The quantitative estimate of drug-likeness (QED) is 0.0713. The standard InChI is InChI=1S/C41H49N5O9/c1-3-55-33-15-17-36-29(22-33)23-35(42-18-4-5-20-47)39(50)45(36)30-11-7-10-28(21-30)25-44-37-16-14-31(46(53)54)24-34(37)41(52,40(44)51)27(2)9-6-13-38(49)43-19-8-12-32(43)26-48/h6-7,9-11,14-17,21-22,24,27,32,35,42,47-48,52H,3-5,8,12-13,18-20,23,25-26H2,1-2H3/b9-6+/t27-,32-,35?,41+/m0/s1. The molecule has 55 heavy (non-hydrogen) atoms. The van der Waals surface area contributed by atoms with E-state index in [0.29, 0.717) is 67.3 Å². The van der Waals surface area contributed by atoms with Gasteiger partial charge in [-0.3, -0.25) is 29.4 Å². The number of aliphatic hydroxyl groups excluding tert-OH is 2. The molecule has 0 bridgehead atoms. The smallest absolute Gasteiger partial charge is 0.269 e. The Kier molecular flexibility index (Phi) is 12.3. The highest BCUT2D eigenvalue weighted by atomic mass is 16.6. The first kappa shape index (κ1) is 39.5. The summed E-state index contributed by atoms with van der Waals surface area (Å²) in [7, 11) is 0. The maximum absolute atomic E-state index is 14.3. The lowest BCUT2D eigenvalue weighted by atomic mass is 9.82. The number of anilines is 3. The molecule has 292 valence electrons. The summed E-state index contributed by atoms with van der Waals surface area (Å²) in [5, 5.41) is 46.3. The molecular weight excluding hydrogens is 706 g/mol. The van der Waals surface area contributed by atoms with Crippen LogP contribution in [0.3, 0.4) is 0 Å². The van der Waals surface area contributed by atoms with E-state index in [9.17, 15) is 39.8 Å². The number of amides is 3. The normalized spacial score (nSPS) is 21.3. The van der Waals surface area contributed by atoms with Gasteiger partial charge < -0.3 is 35.2 Å². The Morgan fingerprint density at radius 1 is 1.11 bits per heavy atom. The zero-order chi connectivity index (χ0) is 39.3. The van der Waals surface area contributed by atoms with E-state index in [1.165, 1.54) is 23.1 Å². The maximum atomic E-state index is 14.3. The molecule has 6 rings (SSSR count). The first-order valence-corrected chi connectivity index (χ1v) is 18.9. The molecule has 4 N–H and O–H groups in total. The second-order valence-electron chi connectivity index (χ2n) is 14.3. The first-order chi connectivity index (χ1) is 26.5. The van der Waals surface area contributed by atoms with Gasteiger partial charge in [-0.1, -0.05) is 31.2 Å². The van der Waals surface area contributed by atoms with Gasteiger partial charge in [0.25, 0.3) is 11.6 Å². The summed E-state index contributed by atoms with van der Waals surface area (Å²) < 4.78 is 5.76. The molecule has 14 nitrogen and oxygen atoms in total. The number of aliphatic hydroxyl groups is 3. The van der Waals surface area contributed by atoms with E-state index in [1.807, 2.05) is 43.3 Å². The highest BCUT2D eigenvalue weighted by molar-refractivity contribution is 6.08. The third-order valence-electron chi connectivity index (χ3n) is 10.8. The number of rotatable bonds is 16.